The maximum absolute atomic E-state index is 6.34. The molecule has 2 aromatic heterocycles. The third-order valence-corrected chi connectivity index (χ3v) is 5.89. The van der Waals surface area contributed by atoms with Crippen molar-refractivity contribution >= 4 is 11.3 Å². The number of thiophene rings is 1. The summed E-state index contributed by atoms with van der Waals surface area (Å²) in [4.78, 5) is 8.91. The molecule has 1 aliphatic heterocycles. The van der Waals surface area contributed by atoms with E-state index in [1.54, 1.807) is 17.5 Å². The van der Waals surface area contributed by atoms with Crippen molar-refractivity contribution in [1.29, 1.82) is 0 Å². The van der Waals surface area contributed by atoms with E-state index in [9.17, 15) is 0 Å². The van der Waals surface area contributed by atoms with Crippen LogP contribution in [-0.2, 0) is 9.47 Å². The highest BCUT2D eigenvalue weighted by Gasteiger charge is 2.41. The van der Waals surface area contributed by atoms with Gasteiger partial charge in [0, 0.05) is 36.7 Å². The van der Waals surface area contributed by atoms with Crippen molar-refractivity contribution in [2.75, 3.05) is 13.2 Å². The molecule has 2 atom stereocenters. The molecule has 0 bridgehead atoms. The lowest BCUT2D eigenvalue weighted by molar-refractivity contribution is -0.175. The molecular weight excluding hydrogens is 322 g/mol. The van der Waals surface area contributed by atoms with Gasteiger partial charge in [0.1, 0.15) is 11.9 Å². The fourth-order valence-electron chi connectivity index (χ4n) is 3.72. The third kappa shape index (κ3) is 3.57. The number of hydrogen-bond acceptors (Lipinski definition) is 5. The van der Waals surface area contributed by atoms with Crippen molar-refractivity contribution in [2.24, 2.45) is 0 Å². The molecular formula is C18H25N3O2S. The molecule has 1 saturated heterocycles. The van der Waals surface area contributed by atoms with E-state index >= 15 is 0 Å². The molecule has 4 rings (SSSR count). The van der Waals surface area contributed by atoms with Crippen molar-refractivity contribution in [3.63, 3.8) is 0 Å². The van der Waals surface area contributed by atoms with Crippen LogP contribution in [0.15, 0.2) is 29.9 Å². The van der Waals surface area contributed by atoms with Gasteiger partial charge in [-0.3, -0.25) is 0 Å². The van der Waals surface area contributed by atoms with Crippen molar-refractivity contribution in [2.45, 2.75) is 56.5 Å². The Balaban J connectivity index is 1.38. The van der Waals surface area contributed by atoms with Crippen molar-refractivity contribution < 1.29 is 9.47 Å². The van der Waals surface area contributed by atoms with Gasteiger partial charge in [-0.1, -0.05) is 18.9 Å². The summed E-state index contributed by atoms with van der Waals surface area (Å²) in [5.41, 5.74) is 0. The maximum Gasteiger partial charge on any atom is 0.168 e. The van der Waals surface area contributed by atoms with Crippen LogP contribution in [0.1, 0.15) is 55.3 Å². The van der Waals surface area contributed by atoms with Gasteiger partial charge < -0.3 is 19.8 Å². The first-order chi connectivity index (χ1) is 11.8. The molecule has 1 aliphatic carbocycles. The predicted octanol–water partition coefficient (Wildman–Crippen LogP) is 3.62. The van der Waals surface area contributed by atoms with Gasteiger partial charge in [0.25, 0.3) is 0 Å². The lowest BCUT2D eigenvalue weighted by atomic mass is 10.1. The zero-order valence-corrected chi connectivity index (χ0v) is 14.7. The highest BCUT2D eigenvalue weighted by atomic mass is 32.1. The van der Waals surface area contributed by atoms with Gasteiger partial charge in [-0.05, 0) is 24.3 Å². The second kappa shape index (κ2) is 7.35. The summed E-state index contributed by atoms with van der Waals surface area (Å²) in [5, 5.41) is 5.72. The van der Waals surface area contributed by atoms with Gasteiger partial charge >= 0.3 is 0 Å². The van der Waals surface area contributed by atoms with Crippen LogP contribution in [0.4, 0.5) is 0 Å². The lowest BCUT2D eigenvalue weighted by Crippen LogP contribution is -2.35. The first-order valence-electron chi connectivity index (χ1n) is 8.92. The van der Waals surface area contributed by atoms with Gasteiger partial charge in [0.2, 0.25) is 0 Å². The van der Waals surface area contributed by atoms with Crippen LogP contribution in [0.5, 0.6) is 0 Å². The molecule has 0 aromatic carbocycles. The lowest BCUT2D eigenvalue weighted by Gasteiger charge is -2.26. The number of rotatable bonds is 5. The largest absolute Gasteiger partial charge is 0.347 e. The summed E-state index contributed by atoms with van der Waals surface area (Å²) in [6.07, 6.45) is 10.9. The standard InChI is InChI=1S/C18H25N3O2S/c1-2-4-8-18(7-3-1)22-13-14(23-18)12-21-16(15-6-5-11-24-15)17-19-9-10-20-17/h5-6,9-11,14,16,21H,1-4,7-8,12-13H2,(H,19,20)/t14-,16-/m1/s1. The zero-order valence-electron chi connectivity index (χ0n) is 13.9. The van der Waals surface area contributed by atoms with Gasteiger partial charge in [-0.25, -0.2) is 4.98 Å². The van der Waals surface area contributed by atoms with Crippen LogP contribution >= 0.6 is 11.3 Å². The molecule has 6 heteroatoms. The Labute approximate surface area is 146 Å². The minimum Gasteiger partial charge on any atom is -0.347 e. The van der Waals surface area contributed by atoms with Gasteiger partial charge in [-0.2, -0.15) is 0 Å². The number of imidazole rings is 1. The second-order valence-electron chi connectivity index (χ2n) is 6.71. The number of aromatic nitrogens is 2. The van der Waals surface area contributed by atoms with Crippen molar-refractivity contribution in [3.05, 3.63) is 40.6 Å². The van der Waals surface area contributed by atoms with E-state index < -0.39 is 0 Å². The molecule has 0 radical (unpaired) electrons. The highest BCUT2D eigenvalue weighted by Crippen LogP contribution is 2.36. The molecule has 1 spiro atoms. The van der Waals surface area contributed by atoms with E-state index in [2.05, 4.69) is 32.8 Å². The van der Waals surface area contributed by atoms with Crippen LogP contribution < -0.4 is 5.32 Å². The number of nitrogens with one attached hydrogen (secondary N) is 2. The molecule has 1 saturated carbocycles. The van der Waals surface area contributed by atoms with Crippen LogP contribution in [0.25, 0.3) is 0 Å². The van der Waals surface area contributed by atoms with E-state index in [0.717, 1.165) is 25.2 Å². The van der Waals surface area contributed by atoms with Gasteiger partial charge in [0.05, 0.1) is 12.7 Å². The summed E-state index contributed by atoms with van der Waals surface area (Å²) in [7, 11) is 0. The average Bonchev–Trinajstić information content (AvgIpc) is 3.31. The monoisotopic (exact) mass is 347 g/mol. The Bertz CT molecular complexity index is 572. The van der Waals surface area contributed by atoms with Crippen LogP contribution in [0, 0.1) is 0 Å². The summed E-state index contributed by atoms with van der Waals surface area (Å²) in [6, 6.07) is 4.30. The SMILES string of the molecule is c1csc([C@@H](NC[C@@H]2COC3(CCCCCC3)O2)c2ncc[nH]2)c1. The molecule has 2 aliphatic rings. The average molecular weight is 347 g/mol. The quantitative estimate of drug-likeness (QED) is 0.867. The molecule has 0 unspecified atom stereocenters. The maximum atomic E-state index is 6.34. The predicted molar refractivity (Wildman–Crippen MR) is 94.0 cm³/mol. The number of aromatic amines is 1. The number of H-pyrrole nitrogens is 1. The molecule has 24 heavy (non-hydrogen) atoms. The van der Waals surface area contributed by atoms with Crippen LogP contribution in [0.3, 0.4) is 0 Å². The number of ether oxygens (including phenoxy) is 2. The Morgan fingerprint density at radius 1 is 1.33 bits per heavy atom. The molecule has 0 amide bonds. The molecule has 2 fully saturated rings. The molecule has 130 valence electrons. The smallest absolute Gasteiger partial charge is 0.168 e. The van der Waals surface area contributed by atoms with Crippen LogP contribution in [0.2, 0.25) is 0 Å². The van der Waals surface area contributed by atoms with E-state index in [1.807, 2.05) is 6.20 Å². The Hall–Kier alpha value is -1.21. The summed E-state index contributed by atoms with van der Waals surface area (Å²) in [6.45, 7) is 1.45. The van der Waals surface area contributed by atoms with E-state index in [0.29, 0.717) is 6.61 Å². The van der Waals surface area contributed by atoms with E-state index in [-0.39, 0.29) is 17.9 Å². The Kier molecular flexibility index (Phi) is 4.98. The fourth-order valence-corrected chi connectivity index (χ4v) is 4.52. The molecule has 5 nitrogen and oxygen atoms in total. The third-order valence-electron chi connectivity index (χ3n) is 4.95. The number of hydrogen-bond donors (Lipinski definition) is 2. The topological polar surface area (TPSA) is 59.2 Å². The molecule has 3 heterocycles. The van der Waals surface area contributed by atoms with Crippen LogP contribution in [-0.4, -0.2) is 35.0 Å². The fraction of sp³-hybridized carbons (Fsp3) is 0.611. The number of nitrogens with zero attached hydrogens (tertiary/aromatic N) is 1. The van der Waals surface area contributed by atoms with Crippen molar-refractivity contribution in [3.8, 4) is 0 Å². The van der Waals surface area contributed by atoms with Gasteiger partial charge in [0.15, 0.2) is 5.79 Å². The summed E-state index contributed by atoms with van der Waals surface area (Å²) in [5.74, 6) is 0.631. The Morgan fingerprint density at radius 2 is 2.21 bits per heavy atom. The van der Waals surface area contributed by atoms with Gasteiger partial charge in [-0.15, -0.1) is 11.3 Å². The first-order valence-corrected chi connectivity index (χ1v) is 9.80. The summed E-state index contributed by atoms with van der Waals surface area (Å²) < 4.78 is 12.4. The normalized spacial score (nSPS) is 24.9. The van der Waals surface area contributed by atoms with E-state index in [1.165, 1.54) is 30.6 Å². The first kappa shape index (κ1) is 16.3. The molecule has 2 N–H and O–H groups in total. The highest BCUT2D eigenvalue weighted by molar-refractivity contribution is 7.10. The minimum atomic E-state index is -0.314. The molecule has 2 aromatic rings. The zero-order chi connectivity index (χ0) is 16.2. The Morgan fingerprint density at radius 3 is 2.92 bits per heavy atom. The minimum absolute atomic E-state index is 0.0780. The van der Waals surface area contributed by atoms with Crippen molar-refractivity contribution in [1.82, 2.24) is 15.3 Å². The summed E-state index contributed by atoms with van der Waals surface area (Å²) >= 11 is 1.74. The van der Waals surface area contributed by atoms with E-state index in [4.69, 9.17) is 9.47 Å². The second-order valence-corrected chi connectivity index (χ2v) is 7.69.